The molecule has 0 aliphatic rings. The van der Waals surface area contributed by atoms with Gasteiger partial charge in [-0.05, 0) is 53.0 Å². The predicted octanol–water partition coefficient (Wildman–Crippen LogP) is 4.56. The van der Waals surface area contributed by atoms with Gasteiger partial charge in [-0.2, -0.15) is 0 Å². The van der Waals surface area contributed by atoms with Gasteiger partial charge in [-0.15, -0.1) is 0 Å². The Bertz CT molecular complexity index is 601. The molecule has 3 N–H and O–H groups in total. The highest BCUT2D eigenvalue weighted by Crippen LogP contribution is 2.30. The Balaban J connectivity index is 2.24. The van der Waals surface area contributed by atoms with Gasteiger partial charge in [-0.1, -0.05) is 23.7 Å². The minimum Gasteiger partial charge on any atom is -0.397 e. The molecule has 0 aliphatic carbocycles. The van der Waals surface area contributed by atoms with Crippen LogP contribution >= 0.6 is 27.5 Å². The van der Waals surface area contributed by atoms with Crippen molar-refractivity contribution < 1.29 is 0 Å². The summed E-state index contributed by atoms with van der Waals surface area (Å²) in [6.45, 7) is 4.02. The lowest BCUT2D eigenvalue weighted by molar-refractivity contribution is 0.872. The van der Waals surface area contributed by atoms with Gasteiger partial charge in [0, 0.05) is 5.02 Å². The van der Waals surface area contributed by atoms with Crippen molar-refractivity contribution in [3.8, 4) is 0 Å². The largest absolute Gasteiger partial charge is 0.397 e. The summed E-state index contributed by atoms with van der Waals surface area (Å²) in [6.07, 6.45) is 1.66. The first kappa shape index (κ1) is 14.2. The van der Waals surface area contributed by atoms with Gasteiger partial charge in [-0.3, -0.25) is 0 Å². The highest BCUT2D eigenvalue weighted by atomic mass is 79.9. The van der Waals surface area contributed by atoms with Gasteiger partial charge in [0.25, 0.3) is 0 Å². The predicted molar refractivity (Wildman–Crippen MR) is 84.6 cm³/mol. The lowest BCUT2D eigenvalue weighted by atomic mass is 10.1. The van der Waals surface area contributed by atoms with Crippen molar-refractivity contribution in [2.75, 3.05) is 11.1 Å². The molecule has 5 heteroatoms. The molecule has 0 radical (unpaired) electrons. The normalized spacial score (nSPS) is 12.2. The molecule has 2 rings (SSSR count). The van der Waals surface area contributed by atoms with Crippen LogP contribution in [0.15, 0.2) is 34.9 Å². The Morgan fingerprint density at radius 1 is 1.42 bits per heavy atom. The van der Waals surface area contributed by atoms with Crippen LogP contribution in [0.5, 0.6) is 0 Å². The highest BCUT2D eigenvalue weighted by molar-refractivity contribution is 9.10. The maximum Gasteiger partial charge on any atom is 0.141 e. The third-order valence-corrected chi connectivity index (χ3v) is 4.21. The molecule has 1 atom stereocenters. The molecule has 1 aromatic heterocycles. The van der Waals surface area contributed by atoms with E-state index in [1.54, 1.807) is 6.20 Å². The molecule has 0 fully saturated rings. The first-order chi connectivity index (χ1) is 8.99. The van der Waals surface area contributed by atoms with Crippen molar-refractivity contribution in [1.82, 2.24) is 4.98 Å². The van der Waals surface area contributed by atoms with Gasteiger partial charge in [0.05, 0.1) is 22.4 Å². The van der Waals surface area contributed by atoms with Crippen LogP contribution in [0.3, 0.4) is 0 Å². The number of halogens is 2. The summed E-state index contributed by atoms with van der Waals surface area (Å²) in [5.41, 5.74) is 8.58. The van der Waals surface area contributed by atoms with Crippen LogP contribution in [0, 0.1) is 6.92 Å². The molecule has 0 amide bonds. The van der Waals surface area contributed by atoms with Crippen LogP contribution in [0.2, 0.25) is 5.02 Å². The fourth-order valence-electron chi connectivity index (χ4n) is 1.76. The standard InChI is InChI=1S/C14H15BrClN3/c1-8-12(17)7-18-14(13(8)15)19-9(2)10-4-3-5-11(16)6-10/h3-7,9H,17H2,1-2H3,(H,18,19). The smallest absolute Gasteiger partial charge is 0.141 e. The van der Waals surface area contributed by atoms with Gasteiger partial charge in [0.1, 0.15) is 5.82 Å². The summed E-state index contributed by atoms with van der Waals surface area (Å²) in [4.78, 5) is 4.31. The first-order valence-corrected chi connectivity index (χ1v) is 7.08. The van der Waals surface area contributed by atoms with Gasteiger partial charge >= 0.3 is 0 Å². The molecule has 0 aliphatic heterocycles. The van der Waals surface area contributed by atoms with Gasteiger partial charge in [0.15, 0.2) is 0 Å². The maximum absolute atomic E-state index is 6.00. The van der Waals surface area contributed by atoms with E-state index in [0.717, 1.165) is 26.4 Å². The third kappa shape index (κ3) is 3.19. The Kier molecular flexibility index (Phi) is 4.32. The van der Waals surface area contributed by atoms with Crippen molar-refractivity contribution >= 4 is 39.0 Å². The van der Waals surface area contributed by atoms with Crippen LogP contribution in [0.4, 0.5) is 11.5 Å². The number of rotatable bonds is 3. The quantitative estimate of drug-likeness (QED) is 0.861. The fraction of sp³-hybridized carbons (Fsp3) is 0.214. The molecule has 0 spiro atoms. The molecule has 100 valence electrons. The molecule has 0 bridgehead atoms. The molecule has 19 heavy (non-hydrogen) atoms. The zero-order chi connectivity index (χ0) is 14.0. The number of nitrogens with two attached hydrogens (primary N) is 1. The zero-order valence-electron chi connectivity index (χ0n) is 10.7. The first-order valence-electron chi connectivity index (χ1n) is 5.91. The molecule has 0 saturated heterocycles. The second-order valence-corrected chi connectivity index (χ2v) is 5.65. The van der Waals surface area contributed by atoms with E-state index >= 15 is 0 Å². The van der Waals surface area contributed by atoms with E-state index in [0.29, 0.717) is 5.69 Å². The topological polar surface area (TPSA) is 50.9 Å². The number of benzene rings is 1. The van der Waals surface area contributed by atoms with Crippen molar-refractivity contribution in [3.05, 3.63) is 51.1 Å². The van der Waals surface area contributed by atoms with E-state index in [-0.39, 0.29) is 6.04 Å². The van der Waals surface area contributed by atoms with E-state index in [1.165, 1.54) is 0 Å². The molecular weight excluding hydrogens is 326 g/mol. The summed E-state index contributed by atoms with van der Waals surface area (Å²) < 4.78 is 0.890. The number of hydrogen-bond donors (Lipinski definition) is 2. The second-order valence-electron chi connectivity index (χ2n) is 4.42. The molecule has 1 unspecified atom stereocenters. The Labute approximate surface area is 126 Å². The highest BCUT2D eigenvalue weighted by Gasteiger charge is 2.11. The van der Waals surface area contributed by atoms with Crippen molar-refractivity contribution in [2.24, 2.45) is 0 Å². The van der Waals surface area contributed by atoms with Gasteiger partial charge in [-0.25, -0.2) is 4.98 Å². The SMILES string of the molecule is Cc1c(N)cnc(NC(C)c2cccc(Cl)c2)c1Br. The summed E-state index contributed by atoms with van der Waals surface area (Å²) >= 11 is 9.52. The monoisotopic (exact) mass is 339 g/mol. The average molecular weight is 341 g/mol. The van der Waals surface area contributed by atoms with E-state index in [1.807, 2.05) is 31.2 Å². The number of nitrogens with zero attached hydrogens (tertiary/aromatic N) is 1. The number of hydrogen-bond acceptors (Lipinski definition) is 3. The van der Waals surface area contributed by atoms with Crippen molar-refractivity contribution in [1.29, 1.82) is 0 Å². The van der Waals surface area contributed by atoms with Crippen LogP contribution < -0.4 is 11.1 Å². The van der Waals surface area contributed by atoms with E-state index in [2.05, 4.69) is 33.2 Å². The summed E-state index contributed by atoms with van der Waals surface area (Å²) in [6, 6.07) is 7.87. The van der Waals surface area contributed by atoms with Crippen LogP contribution in [-0.4, -0.2) is 4.98 Å². The minimum absolute atomic E-state index is 0.102. The molecule has 2 aromatic rings. The number of pyridine rings is 1. The Hall–Kier alpha value is -1.26. The zero-order valence-corrected chi connectivity index (χ0v) is 13.1. The average Bonchev–Trinajstić information content (AvgIpc) is 2.39. The molecule has 1 heterocycles. The number of nitrogens with one attached hydrogen (secondary N) is 1. The number of nitrogen functional groups attached to an aromatic ring is 1. The van der Waals surface area contributed by atoms with E-state index in [9.17, 15) is 0 Å². The summed E-state index contributed by atoms with van der Waals surface area (Å²) in [5, 5.41) is 4.08. The third-order valence-electron chi connectivity index (χ3n) is 3.00. The summed E-state index contributed by atoms with van der Waals surface area (Å²) in [5.74, 6) is 0.777. The second kappa shape index (κ2) is 5.80. The molecule has 3 nitrogen and oxygen atoms in total. The number of aromatic nitrogens is 1. The van der Waals surface area contributed by atoms with Crippen LogP contribution in [-0.2, 0) is 0 Å². The van der Waals surface area contributed by atoms with Gasteiger partial charge < -0.3 is 11.1 Å². The van der Waals surface area contributed by atoms with E-state index in [4.69, 9.17) is 17.3 Å². The Morgan fingerprint density at radius 2 is 2.16 bits per heavy atom. The Morgan fingerprint density at radius 3 is 2.84 bits per heavy atom. The molecule has 0 saturated carbocycles. The molecule has 1 aromatic carbocycles. The molecular formula is C14H15BrClN3. The van der Waals surface area contributed by atoms with Crippen molar-refractivity contribution in [3.63, 3.8) is 0 Å². The summed E-state index contributed by atoms with van der Waals surface area (Å²) in [7, 11) is 0. The lowest BCUT2D eigenvalue weighted by Crippen LogP contribution is -2.09. The number of anilines is 2. The maximum atomic E-state index is 6.00. The van der Waals surface area contributed by atoms with Gasteiger partial charge in [0.2, 0.25) is 0 Å². The van der Waals surface area contributed by atoms with Crippen LogP contribution in [0.25, 0.3) is 0 Å². The van der Waals surface area contributed by atoms with Crippen LogP contribution in [0.1, 0.15) is 24.1 Å². The lowest BCUT2D eigenvalue weighted by Gasteiger charge is -2.17. The van der Waals surface area contributed by atoms with E-state index < -0.39 is 0 Å². The fourth-order valence-corrected chi connectivity index (χ4v) is 2.40. The minimum atomic E-state index is 0.102. The van der Waals surface area contributed by atoms with Crippen molar-refractivity contribution in [2.45, 2.75) is 19.9 Å².